The number of aryl methyl sites for hydroxylation is 1. The van der Waals surface area contributed by atoms with Crippen LogP contribution in [0.25, 0.3) is 0 Å². The van der Waals surface area contributed by atoms with Crippen molar-refractivity contribution >= 4 is 33.2 Å². The van der Waals surface area contributed by atoms with E-state index in [1.165, 1.54) is 11.2 Å². The van der Waals surface area contributed by atoms with E-state index in [0.29, 0.717) is 22.7 Å². The number of rotatable bonds is 2. The molecule has 0 saturated carbocycles. The lowest BCUT2D eigenvalue weighted by atomic mass is 10.2. The molecule has 18 heavy (non-hydrogen) atoms. The molecule has 0 aliphatic carbocycles. The van der Waals surface area contributed by atoms with Crippen LogP contribution in [-0.2, 0) is 0 Å². The van der Waals surface area contributed by atoms with Crippen molar-refractivity contribution in [2.45, 2.75) is 6.92 Å². The molecular formula is C13H13BrN2O2. The smallest absolute Gasteiger partial charge is 0.261 e. The van der Waals surface area contributed by atoms with E-state index in [1.807, 2.05) is 6.07 Å². The van der Waals surface area contributed by atoms with Crippen molar-refractivity contribution in [3.63, 3.8) is 0 Å². The first-order chi connectivity index (χ1) is 8.49. The lowest BCUT2D eigenvalue weighted by Crippen LogP contribution is -2.26. The second kappa shape index (κ2) is 4.86. The average Bonchev–Trinajstić information content (AvgIpc) is 2.74. The highest BCUT2D eigenvalue weighted by Crippen LogP contribution is 2.27. The lowest BCUT2D eigenvalue weighted by molar-refractivity contribution is 0.0992. The summed E-state index contributed by atoms with van der Waals surface area (Å²) >= 11 is 3.33. The Morgan fingerprint density at radius 2 is 2.11 bits per heavy atom. The number of nitrogens with zero attached hydrogens (tertiary/aromatic N) is 1. The zero-order chi connectivity index (χ0) is 13.3. The normalized spacial score (nSPS) is 10.4. The van der Waals surface area contributed by atoms with Crippen LogP contribution in [0, 0.1) is 6.92 Å². The number of furan rings is 1. The van der Waals surface area contributed by atoms with Crippen LogP contribution >= 0.6 is 15.9 Å². The monoisotopic (exact) mass is 308 g/mol. The first-order valence-corrected chi connectivity index (χ1v) is 6.16. The quantitative estimate of drug-likeness (QED) is 0.867. The van der Waals surface area contributed by atoms with Crippen molar-refractivity contribution in [2.75, 3.05) is 17.7 Å². The fourth-order valence-corrected chi connectivity index (χ4v) is 2.07. The van der Waals surface area contributed by atoms with Crippen molar-refractivity contribution in [1.82, 2.24) is 0 Å². The van der Waals surface area contributed by atoms with Gasteiger partial charge in [0.05, 0.1) is 16.9 Å². The van der Waals surface area contributed by atoms with Gasteiger partial charge in [0.2, 0.25) is 0 Å². The maximum Gasteiger partial charge on any atom is 0.261 e. The van der Waals surface area contributed by atoms with Gasteiger partial charge >= 0.3 is 0 Å². The van der Waals surface area contributed by atoms with Gasteiger partial charge in [0, 0.05) is 11.5 Å². The van der Waals surface area contributed by atoms with Gasteiger partial charge in [0.1, 0.15) is 12.0 Å². The Labute approximate surface area is 114 Å². The second-order valence-corrected chi connectivity index (χ2v) is 4.93. The molecule has 2 N–H and O–H groups in total. The van der Waals surface area contributed by atoms with Crippen LogP contribution in [0.1, 0.15) is 16.1 Å². The van der Waals surface area contributed by atoms with E-state index < -0.39 is 0 Å². The zero-order valence-electron chi connectivity index (χ0n) is 10.1. The van der Waals surface area contributed by atoms with Gasteiger partial charge in [0.25, 0.3) is 5.91 Å². The van der Waals surface area contributed by atoms with E-state index >= 15 is 0 Å². The number of carbonyl (C=O) groups is 1. The summed E-state index contributed by atoms with van der Waals surface area (Å²) in [4.78, 5) is 13.7. The van der Waals surface area contributed by atoms with Gasteiger partial charge in [-0.15, -0.1) is 0 Å². The molecule has 0 aliphatic heterocycles. The number of hydrogen-bond acceptors (Lipinski definition) is 3. The van der Waals surface area contributed by atoms with E-state index in [1.54, 1.807) is 32.2 Å². The minimum Gasteiger partial charge on any atom is -0.469 e. The van der Waals surface area contributed by atoms with Gasteiger partial charge in [-0.3, -0.25) is 4.79 Å². The van der Waals surface area contributed by atoms with Gasteiger partial charge < -0.3 is 15.1 Å². The van der Waals surface area contributed by atoms with E-state index in [0.717, 1.165) is 4.47 Å². The molecule has 0 unspecified atom stereocenters. The summed E-state index contributed by atoms with van der Waals surface area (Å²) in [5, 5.41) is 0. The van der Waals surface area contributed by atoms with Crippen LogP contribution in [0.15, 0.2) is 39.4 Å². The molecule has 1 aromatic carbocycles. The molecular weight excluding hydrogens is 296 g/mol. The number of hydrogen-bond donors (Lipinski definition) is 1. The van der Waals surface area contributed by atoms with Gasteiger partial charge in [-0.2, -0.15) is 0 Å². The number of halogens is 1. The third kappa shape index (κ3) is 2.41. The first-order valence-electron chi connectivity index (χ1n) is 5.37. The van der Waals surface area contributed by atoms with Gasteiger partial charge in [-0.1, -0.05) is 15.9 Å². The molecule has 0 atom stereocenters. The molecule has 0 radical (unpaired) electrons. The largest absolute Gasteiger partial charge is 0.469 e. The molecule has 4 nitrogen and oxygen atoms in total. The van der Waals surface area contributed by atoms with Crippen LogP contribution < -0.4 is 10.6 Å². The molecule has 0 saturated heterocycles. The molecule has 1 heterocycles. The third-order valence-electron chi connectivity index (χ3n) is 2.63. The molecule has 5 heteroatoms. The zero-order valence-corrected chi connectivity index (χ0v) is 11.7. The van der Waals surface area contributed by atoms with Crippen LogP contribution in [0.2, 0.25) is 0 Å². The minimum absolute atomic E-state index is 0.152. The van der Waals surface area contributed by atoms with E-state index in [2.05, 4.69) is 15.9 Å². The molecule has 0 bridgehead atoms. The molecule has 2 aromatic rings. The summed E-state index contributed by atoms with van der Waals surface area (Å²) in [5.74, 6) is 0.552. The van der Waals surface area contributed by atoms with Gasteiger partial charge in [0.15, 0.2) is 0 Å². The average molecular weight is 309 g/mol. The van der Waals surface area contributed by atoms with Crippen LogP contribution in [0.3, 0.4) is 0 Å². The number of nitrogens with two attached hydrogens (primary N) is 1. The minimum atomic E-state index is -0.152. The Morgan fingerprint density at radius 1 is 1.39 bits per heavy atom. The number of carbonyl (C=O) groups excluding carboxylic acids is 1. The van der Waals surface area contributed by atoms with Crippen LogP contribution in [-0.4, -0.2) is 13.0 Å². The van der Waals surface area contributed by atoms with Gasteiger partial charge in [-0.25, -0.2) is 0 Å². The second-order valence-electron chi connectivity index (χ2n) is 4.01. The Morgan fingerprint density at radius 3 is 2.67 bits per heavy atom. The summed E-state index contributed by atoms with van der Waals surface area (Å²) < 4.78 is 6.01. The number of anilines is 2. The Balaban J connectivity index is 2.31. The fraction of sp³-hybridized carbons (Fsp3) is 0.154. The molecule has 0 fully saturated rings. The predicted molar refractivity (Wildman–Crippen MR) is 74.7 cm³/mol. The molecule has 0 spiro atoms. The van der Waals surface area contributed by atoms with E-state index in [-0.39, 0.29) is 5.91 Å². The topological polar surface area (TPSA) is 59.5 Å². The van der Waals surface area contributed by atoms with Crippen molar-refractivity contribution in [3.8, 4) is 0 Å². The summed E-state index contributed by atoms with van der Waals surface area (Å²) in [7, 11) is 1.68. The fourth-order valence-electron chi connectivity index (χ4n) is 1.69. The third-order valence-corrected chi connectivity index (χ3v) is 3.13. The predicted octanol–water partition coefficient (Wildman–Crippen LogP) is 3.21. The van der Waals surface area contributed by atoms with Crippen molar-refractivity contribution in [3.05, 3.63) is 46.3 Å². The van der Waals surface area contributed by atoms with Crippen LogP contribution in [0.4, 0.5) is 11.4 Å². The Kier molecular flexibility index (Phi) is 3.43. The maximum atomic E-state index is 12.2. The van der Waals surface area contributed by atoms with E-state index in [4.69, 9.17) is 10.2 Å². The summed E-state index contributed by atoms with van der Waals surface area (Å²) in [6.07, 6.45) is 1.45. The highest BCUT2D eigenvalue weighted by atomic mass is 79.9. The summed E-state index contributed by atoms with van der Waals surface area (Å²) in [6, 6.07) is 7.11. The molecule has 0 aliphatic rings. The highest BCUT2D eigenvalue weighted by Gasteiger charge is 2.17. The van der Waals surface area contributed by atoms with Crippen molar-refractivity contribution in [1.29, 1.82) is 0 Å². The maximum absolute atomic E-state index is 12.2. The Hall–Kier alpha value is -1.75. The van der Waals surface area contributed by atoms with Gasteiger partial charge in [-0.05, 0) is 31.2 Å². The number of amides is 1. The molecule has 94 valence electrons. The molecule has 2 rings (SSSR count). The summed E-state index contributed by atoms with van der Waals surface area (Å²) in [6.45, 7) is 1.80. The van der Waals surface area contributed by atoms with Crippen LogP contribution in [0.5, 0.6) is 0 Å². The molecule has 1 amide bonds. The van der Waals surface area contributed by atoms with Crippen molar-refractivity contribution < 1.29 is 9.21 Å². The SMILES string of the molecule is Cc1cc(C(=O)N(C)c2ccc(Br)cc2N)co1. The molecule has 1 aromatic heterocycles. The highest BCUT2D eigenvalue weighted by molar-refractivity contribution is 9.10. The summed E-state index contributed by atoms with van der Waals surface area (Å²) in [5.41, 5.74) is 7.62. The number of nitrogen functional groups attached to an aromatic ring is 1. The first kappa shape index (κ1) is 12.7. The van der Waals surface area contributed by atoms with E-state index in [9.17, 15) is 4.79 Å². The number of benzene rings is 1. The van der Waals surface area contributed by atoms with Crippen molar-refractivity contribution in [2.24, 2.45) is 0 Å². The Bertz CT molecular complexity index is 592. The lowest BCUT2D eigenvalue weighted by Gasteiger charge is -2.18. The standard InChI is InChI=1S/C13H13BrN2O2/c1-8-5-9(7-18-8)13(17)16(2)12-4-3-10(14)6-11(12)15/h3-7H,15H2,1-2H3.